The number of para-hydroxylation sites is 1. The van der Waals surface area contributed by atoms with Crippen molar-refractivity contribution < 1.29 is 0 Å². The Morgan fingerprint density at radius 2 is 0.979 bits per heavy atom. The second-order valence-electron chi connectivity index (χ2n) is 12.4. The Hall–Kier alpha value is -6.43. The van der Waals surface area contributed by atoms with Crippen LogP contribution in [-0.2, 0) is 0 Å². The third kappa shape index (κ3) is 3.66. The fourth-order valence-corrected chi connectivity index (χ4v) is 8.00. The molecule has 9 aromatic carbocycles. The molecule has 10 aromatic rings. The van der Waals surface area contributed by atoms with Gasteiger partial charge in [-0.15, -0.1) is 0 Å². The SMILES string of the molecule is N#Cc1cc2ccc3cc(-c4c5ccccc5c(-c5cccc6ccccc56)c5ccccc45)cc4c3c2c(c1)n4-c1ccccc1. The van der Waals surface area contributed by atoms with Crippen LogP contribution in [0.5, 0.6) is 0 Å². The number of fused-ring (bicyclic) bond motifs is 3. The monoisotopic (exact) mass is 594 g/mol. The van der Waals surface area contributed by atoms with E-state index >= 15 is 0 Å². The van der Waals surface area contributed by atoms with E-state index < -0.39 is 0 Å². The first-order valence-electron chi connectivity index (χ1n) is 16.0. The first-order chi connectivity index (χ1) is 23.3. The Morgan fingerprint density at radius 3 is 1.66 bits per heavy atom. The normalized spacial score (nSPS) is 11.8. The van der Waals surface area contributed by atoms with Gasteiger partial charge in [0.05, 0.1) is 22.7 Å². The van der Waals surface area contributed by atoms with E-state index in [1.54, 1.807) is 0 Å². The van der Waals surface area contributed by atoms with Gasteiger partial charge in [0.2, 0.25) is 0 Å². The molecule has 0 unspecified atom stereocenters. The second kappa shape index (κ2) is 9.78. The number of rotatable bonds is 3. The fourth-order valence-electron chi connectivity index (χ4n) is 8.00. The highest BCUT2D eigenvalue weighted by Gasteiger charge is 2.22. The van der Waals surface area contributed by atoms with Gasteiger partial charge in [-0.3, -0.25) is 0 Å². The Morgan fingerprint density at radius 1 is 0.426 bits per heavy atom. The van der Waals surface area contributed by atoms with Gasteiger partial charge in [-0.05, 0) is 102 Å². The van der Waals surface area contributed by atoms with Crippen molar-refractivity contribution in [1.29, 1.82) is 5.26 Å². The van der Waals surface area contributed by atoms with E-state index in [1.165, 1.54) is 70.7 Å². The van der Waals surface area contributed by atoms with Crippen LogP contribution in [0.25, 0.3) is 92.8 Å². The van der Waals surface area contributed by atoms with Crippen molar-refractivity contribution in [2.75, 3.05) is 0 Å². The quantitative estimate of drug-likeness (QED) is 0.148. The maximum absolute atomic E-state index is 9.94. The average Bonchev–Trinajstić information content (AvgIpc) is 3.47. The molecule has 1 aromatic heterocycles. The molecule has 0 fully saturated rings. The van der Waals surface area contributed by atoms with E-state index in [-0.39, 0.29) is 0 Å². The molecule has 0 radical (unpaired) electrons. The summed E-state index contributed by atoms with van der Waals surface area (Å²) in [5.41, 5.74) is 8.89. The zero-order valence-electron chi connectivity index (χ0n) is 25.4. The van der Waals surface area contributed by atoms with Crippen molar-refractivity contribution in [3.63, 3.8) is 0 Å². The van der Waals surface area contributed by atoms with Crippen molar-refractivity contribution in [3.8, 4) is 34.0 Å². The number of benzene rings is 9. The molecule has 0 N–H and O–H groups in total. The van der Waals surface area contributed by atoms with E-state index in [9.17, 15) is 5.26 Å². The van der Waals surface area contributed by atoms with Crippen LogP contribution in [0.4, 0.5) is 0 Å². The second-order valence-corrected chi connectivity index (χ2v) is 12.4. The van der Waals surface area contributed by atoms with Crippen LogP contribution in [0.15, 0.2) is 158 Å². The van der Waals surface area contributed by atoms with Crippen LogP contribution < -0.4 is 0 Å². The topological polar surface area (TPSA) is 28.7 Å². The molecule has 47 heavy (non-hydrogen) atoms. The van der Waals surface area contributed by atoms with Gasteiger partial charge < -0.3 is 4.57 Å². The van der Waals surface area contributed by atoms with E-state index in [0.717, 1.165) is 22.1 Å². The summed E-state index contributed by atoms with van der Waals surface area (Å²) in [6, 6.07) is 59.2. The minimum Gasteiger partial charge on any atom is -0.309 e. The molecule has 0 bridgehead atoms. The van der Waals surface area contributed by atoms with Crippen molar-refractivity contribution in [2.24, 2.45) is 0 Å². The molecular formula is C45H26N2. The molecule has 2 nitrogen and oxygen atoms in total. The van der Waals surface area contributed by atoms with Gasteiger partial charge in [0.1, 0.15) is 0 Å². The van der Waals surface area contributed by atoms with Crippen LogP contribution in [-0.4, -0.2) is 4.57 Å². The first-order valence-corrected chi connectivity index (χ1v) is 16.0. The zero-order valence-corrected chi connectivity index (χ0v) is 25.4. The lowest BCUT2D eigenvalue weighted by atomic mass is 9.84. The molecule has 1 heterocycles. The number of hydrogen-bond donors (Lipinski definition) is 0. The van der Waals surface area contributed by atoms with Crippen LogP contribution in [0.1, 0.15) is 5.56 Å². The van der Waals surface area contributed by atoms with E-state index in [1.807, 2.05) is 12.1 Å². The summed E-state index contributed by atoms with van der Waals surface area (Å²) in [5.74, 6) is 0. The lowest BCUT2D eigenvalue weighted by molar-refractivity contribution is 1.18. The lowest BCUT2D eigenvalue weighted by Gasteiger charge is -2.19. The highest BCUT2D eigenvalue weighted by atomic mass is 15.0. The number of nitriles is 1. The van der Waals surface area contributed by atoms with E-state index in [0.29, 0.717) is 5.56 Å². The smallest absolute Gasteiger partial charge is 0.0992 e. The number of hydrogen-bond acceptors (Lipinski definition) is 1. The van der Waals surface area contributed by atoms with Crippen molar-refractivity contribution in [1.82, 2.24) is 4.57 Å². The van der Waals surface area contributed by atoms with Gasteiger partial charge >= 0.3 is 0 Å². The van der Waals surface area contributed by atoms with E-state index in [2.05, 4.69) is 156 Å². The van der Waals surface area contributed by atoms with Gasteiger partial charge in [0.25, 0.3) is 0 Å². The third-order valence-electron chi connectivity index (χ3n) is 9.89. The molecule has 0 aliphatic heterocycles. The number of aromatic nitrogens is 1. The van der Waals surface area contributed by atoms with Crippen molar-refractivity contribution >= 4 is 64.9 Å². The summed E-state index contributed by atoms with van der Waals surface area (Å²) < 4.78 is 2.34. The predicted octanol–water partition coefficient (Wildman–Crippen LogP) is 12.0. The highest BCUT2D eigenvalue weighted by Crippen LogP contribution is 2.47. The molecule has 0 spiro atoms. The molecule has 0 aliphatic rings. The Labute approximate surface area is 271 Å². The summed E-state index contributed by atoms with van der Waals surface area (Å²) >= 11 is 0. The average molecular weight is 595 g/mol. The van der Waals surface area contributed by atoms with Crippen molar-refractivity contribution in [3.05, 3.63) is 163 Å². The first kappa shape index (κ1) is 25.9. The van der Waals surface area contributed by atoms with Crippen LogP contribution in [0.2, 0.25) is 0 Å². The summed E-state index contributed by atoms with van der Waals surface area (Å²) in [4.78, 5) is 0. The van der Waals surface area contributed by atoms with Gasteiger partial charge in [-0.2, -0.15) is 5.26 Å². The maximum Gasteiger partial charge on any atom is 0.0992 e. The Kier molecular flexibility index (Phi) is 5.38. The Balaban J connectivity index is 1.37. The molecule has 0 atom stereocenters. The fraction of sp³-hybridized carbons (Fsp3) is 0. The van der Waals surface area contributed by atoms with Crippen LogP contribution >= 0.6 is 0 Å². The maximum atomic E-state index is 9.94. The van der Waals surface area contributed by atoms with Crippen LogP contribution in [0.3, 0.4) is 0 Å². The molecule has 10 rings (SSSR count). The van der Waals surface area contributed by atoms with Gasteiger partial charge in [0.15, 0.2) is 0 Å². The summed E-state index contributed by atoms with van der Waals surface area (Å²) in [7, 11) is 0. The summed E-state index contributed by atoms with van der Waals surface area (Å²) in [5, 5.41) is 22.1. The van der Waals surface area contributed by atoms with Crippen molar-refractivity contribution in [2.45, 2.75) is 0 Å². The van der Waals surface area contributed by atoms with Gasteiger partial charge in [-0.1, -0.05) is 121 Å². The summed E-state index contributed by atoms with van der Waals surface area (Å²) in [6.45, 7) is 0. The third-order valence-corrected chi connectivity index (χ3v) is 9.89. The standard InChI is InChI=1S/C45H26N2/c46-27-28-23-30-21-22-31-25-32(26-41-44(31)43(30)40(24-28)47(41)33-13-2-1-3-14-33)42-36-16-6-8-18-38(36)45(39-19-9-7-17-37(39)42)35-20-10-12-29-11-4-5-15-34(29)35/h1-26H. The molecule has 216 valence electrons. The largest absolute Gasteiger partial charge is 0.309 e. The molecule has 0 saturated carbocycles. The molecule has 0 amide bonds. The van der Waals surface area contributed by atoms with Gasteiger partial charge in [-0.25, -0.2) is 0 Å². The molecule has 2 heteroatoms. The predicted molar refractivity (Wildman–Crippen MR) is 198 cm³/mol. The lowest BCUT2D eigenvalue weighted by Crippen LogP contribution is -1.95. The molecule has 0 saturated heterocycles. The van der Waals surface area contributed by atoms with Gasteiger partial charge in [0, 0.05) is 16.5 Å². The minimum atomic E-state index is 0.668. The van der Waals surface area contributed by atoms with E-state index in [4.69, 9.17) is 0 Å². The minimum absolute atomic E-state index is 0.668. The summed E-state index contributed by atoms with van der Waals surface area (Å²) in [6.07, 6.45) is 0. The molecular weight excluding hydrogens is 569 g/mol. The Bertz CT molecular complexity index is 2840. The number of nitrogens with zero attached hydrogens (tertiary/aromatic N) is 2. The van der Waals surface area contributed by atoms with Crippen LogP contribution in [0, 0.1) is 11.3 Å². The molecule has 0 aliphatic carbocycles. The zero-order chi connectivity index (χ0) is 31.1. The highest BCUT2D eigenvalue weighted by molar-refractivity contribution is 6.28.